The highest BCUT2D eigenvalue weighted by atomic mass is 79.9. The van der Waals surface area contributed by atoms with Gasteiger partial charge in [0.05, 0.1) is 12.4 Å². The maximum absolute atomic E-state index is 11.8. The van der Waals surface area contributed by atoms with E-state index in [1.54, 1.807) is 4.31 Å². The van der Waals surface area contributed by atoms with Gasteiger partial charge in [-0.25, -0.2) is 12.7 Å². The number of piperidine rings is 1. The summed E-state index contributed by atoms with van der Waals surface area (Å²) in [6.45, 7) is 3.99. The lowest BCUT2D eigenvalue weighted by Gasteiger charge is -2.28. The standard InChI is InChI=1S/C9H18BrNO3S/c1-2-14-7-8-15(12,13)11-5-3-9(10)4-6-11/h9H,2-8H2,1H3. The first-order valence-electron chi connectivity index (χ1n) is 5.26. The van der Waals surface area contributed by atoms with Crippen LogP contribution >= 0.6 is 15.9 Å². The molecule has 0 aromatic carbocycles. The maximum Gasteiger partial charge on any atom is 0.216 e. The molecule has 0 bridgehead atoms. The second kappa shape index (κ2) is 6.18. The van der Waals surface area contributed by atoms with Crippen molar-refractivity contribution in [3.63, 3.8) is 0 Å². The molecule has 1 heterocycles. The minimum atomic E-state index is -3.09. The molecule has 0 saturated carbocycles. The van der Waals surface area contributed by atoms with Gasteiger partial charge in [-0.2, -0.15) is 0 Å². The lowest BCUT2D eigenvalue weighted by Crippen LogP contribution is -2.40. The fourth-order valence-electron chi connectivity index (χ4n) is 1.54. The van der Waals surface area contributed by atoms with Crippen molar-refractivity contribution in [3.05, 3.63) is 0 Å². The molecule has 0 aromatic rings. The van der Waals surface area contributed by atoms with Gasteiger partial charge in [0.15, 0.2) is 0 Å². The molecule has 0 aliphatic carbocycles. The fourth-order valence-corrected chi connectivity index (χ4v) is 3.30. The van der Waals surface area contributed by atoms with Crippen LogP contribution in [0.5, 0.6) is 0 Å². The van der Waals surface area contributed by atoms with Crippen LogP contribution < -0.4 is 0 Å². The smallest absolute Gasteiger partial charge is 0.216 e. The van der Waals surface area contributed by atoms with Gasteiger partial charge >= 0.3 is 0 Å². The number of hydrogen-bond acceptors (Lipinski definition) is 3. The third-order valence-electron chi connectivity index (χ3n) is 2.47. The monoisotopic (exact) mass is 299 g/mol. The number of sulfonamides is 1. The molecular weight excluding hydrogens is 282 g/mol. The van der Waals surface area contributed by atoms with Crippen LogP contribution in [-0.2, 0) is 14.8 Å². The second-order valence-electron chi connectivity index (χ2n) is 3.59. The topological polar surface area (TPSA) is 46.6 Å². The number of ether oxygens (including phenoxy) is 1. The molecule has 90 valence electrons. The van der Waals surface area contributed by atoms with E-state index in [0.717, 1.165) is 12.8 Å². The predicted molar refractivity (Wildman–Crippen MR) is 63.8 cm³/mol. The van der Waals surface area contributed by atoms with Crippen molar-refractivity contribution in [2.24, 2.45) is 0 Å². The maximum atomic E-state index is 11.8. The van der Waals surface area contributed by atoms with Crippen LogP contribution in [0.25, 0.3) is 0 Å². The SMILES string of the molecule is CCOCCS(=O)(=O)N1CCC(Br)CC1. The van der Waals surface area contributed by atoms with Gasteiger partial charge in [-0.05, 0) is 19.8 Å². The van der Waals surface area contributed by atoms with Gasteiger partial charge < -0.3 is 4.74 Å². The Balaban J connectivity index is 2.40. The van der Waals surface area contributed by atoms with Crippen molar-refractivity contribution in [2.45, 2.75) is 24.6 Å². The Morgan fingerprint density at radius 2 is 2.00 bits per heavy atom. The lowest BCUT2D eigenvalue weighted by molar-refractivity contribution is 0.162. The zero-order valence-corrected chi connectivity index (χ0v) is 11.4. The van der Waals surface area contributed by atoms with Crippen LogP contribution in [0.1, 0.15) is 19.8 Å². The zero-order valence-electron chi connectivity index (χ0n) is 8.99. The summed E-state index contributed by atoms with van der Waals surface area (Å²) in [5, 5.41) is 0. The quantitative estimate of drug-likeness (QED) is 0.566. The van der Waals surface area contributed by atoms with Gasteiger partial charge in [0.25, 0.3) is 0 Å². The van der Waals surface area contributed by atoms with Crippen LogP contribution in [0.3, 0.4) is 0 Å². The van der Waals surface area contributed by atoms with Gasteiger partial charge in [0, 0.05) is 24.5 Å². The lowest BCUT2D eigenvalue weighted by atomic mass is 10.2. The highest BCUT2D eigenvalue weighted by molar-refractivity contribution is 9.09. The van der Waals surface area contributed by atoms with Gasteiger partial charge in [-0.3, -0.25) is 0 Å². The zero-order chi connectivity index (χ0) is 11.3. The molecule has 6 heteroatoms. The first-order valence-corrected chi connectivity index (χ1v) is 7.78. The number of rotatable bonds is 5. The molecule has 15 heavy (non-hydrogen) atoms. The average molecular weight is 300 g/mol. The van der Waals surface area contributed by atoms with Gasteiger partial charge in [-0.15, -0.1) is 0 Å². The molecule has 0 N–H and O–H groups in total. The van der Waals surface area contributed by atoms with E-state index in [-0.39, 0.29) is 5.75 Å². The van der Waals surface area contributed by atoms with Crippen LogP contribution in [0, 0.1) is 0 Å². The highest BCUT2D eigenvalue weighted by Crippen LogP contribution is 2.19. The van der Waals surface area contributed by atoms with Crippen molar-refractivity contribution in [1.29, 1.82) is 0 Å². The minimum Gasteiger partial charge on any atom is -0.381 e. The summed E-state index contributed by atoms with van der Waals surface area (Å²) in [5.41, 5.74) is 0. The van der Waals surface area contributed by atoms with E-state index in [9.17, 15) is 8.42 Å². The second-order valence-corrected chi connectivity index (χ2v) is 6.97. The van der Waals surface area contributed by atoms with Crippen molar-refractivity contribution in [3.8, 4) is 0 Å². The molecule has 0 atom stereocenters. The highest BCUT2D eigenvalue weighted by Gasteiger charge is 2.26. The normalized spacial score (nSPS) is 20.7. The summed E-state index contributed by atoms with van der Waals surface area (Å²) in [5.74, 6) is 0.105. The molecule has 1 fully saturated rings. The fraction of sp³-hybridized carbons (Fsp3) is 1.00. The van der Waals surface area contributed by atoms with Gasteiger partial charge in [0.1, 0.15) is 0 Å². The molecule has 1 aliphatic heterocycles. The molecular formula is C9H18BrNO3S. The number of halogens is 1. The van der Waals surface area contributed by atoms with E-state index < -0.39 is 10.0 Å². The van der Waals surface area contributed by atoms with E-state index >= 15 is 0 Å². The molecule has 0 aromatic heterocycles. The van der Waals surface area contributed by atoms with Crippen LogP contribution in [0.2, 0.25) is 0 Å². The molecule has 0 unspecified atom stereocenters. The summed E-state index contributed by atoms with van der Waals surface area (Å²) < 4.78 is 30.2. The van der Waals surface area contributed by atoms with E-state index in [4.69, 9.17) is 4.74 Å². The van der Waals surface area contributed by atoms with Crippen molar-refractivity contribution in [2.75, 3.05) is 32.1 Å². The Morgan fingerprint density at radius 3 is 2.53 bits per heavy atom. The number of alkyl halides is 1. The summed E-state index contributed by atoms with van der Waals surface area (Å²) >= 11 is 3.50. The van der Waals surface area contributed by atoms with Crippen LogP contribution in [0.4, 0.5) is 0 Å². The van der Waals surface area contributed by atoms with E-state index in [0.29, 0.717) is 31.1 Å². The average Bonchev–Trinajstić information content (AvgIpc) is 2.18. The summed E-state index contributed by atoms with van der Waals surface area (Å²) in [6.07, 6.45) is 1.79. The first-order chi connectivity index (χ1) is 7.06. The van der Waals surface area contributed by atoms with Gasteiger partial charge in [-0.1, -0.05) is 15.9 Å². The summed E-state index contributed by atoms with van der Waals surface area (Å²) in [7, 11) is -3.09. The molecule has 0 amide bonds. The van der Waals surface area contributed by atoms with Crippen LogP contribution in [0.15, 0.2) is 0 Å². The Hall–Kier alpha value is 0.350. The van der Waals surface area contributed by atoms with Crippen molar-refractivity contribution in [1.82, 2.24) is 4.31 Å². The Labute approximate surface area is 100 Å². The van der Waals surface area contributed by atoms with Gasteiger partial charge in [0.2, 0.25) is 10.0 Å². The third-order valence-corrected chi connectivity index (χ3v) is 5.22. The predicted octanol–water partition coefficient (Wildman–Crippen LogP) is 1.21. The van der Waals surface area contributed by atoms with E-state index in [1.165, 1.54) is 0 Å². The molecule has 1 saturated heterocycles. The Kier molecular flexibility index (Phi) is 5.52. The van der Waals surface area contributed by atoms with Crippen LogP contribution in [-0.4, -0.2) is 49.6 Å². The molecule has 1 rings (SSSR count). The Morgan fingerprint density at radius 1 is 1.40 bits per heavy atom. The summed E-state index contributed by atoms with van der Waals surface area (Å²) in [4.78, 5) is 0.468. The largest absolute Gasteiger partial charge is 0.381 e. The van der Waals surface area contributed by atoms with Crippen molar-refractivity contribution < 1.29 is 13.2 Å². The Bertz CT molecular complexity index is 273. The first kappa shape index (κ1) is 13.4. The molecule has 0 radical (unpaired) electrons. The minimum absolute atomic E-state index is 0.105. The summed E-state index contributed by atoms with van der Waals surface area (Å²) in [6, 6.07) is 0. The van der Waals surface area contributed by atoms with E-state index in [1.807, 2.05) is 6.92 Å². The number of nitrogens with zero attached hydrogens (tertiary/aromatic N) is 1. The third kappa shape index (κ3) is 4.38. The van der Waals surface area contributed by atoms with Crippen molar-refractivity contribution >= 4 is 26.0 Å². The number of hydrogen-bond donors (Lipinski definition) is 0. The molecule has 4 nitrogen and oxygen atoms in total. The molecule has 0 spiro atoms. The molecule has 1 aliphatic rings. The van der Waals surface area contributed by atoms with E-state index in [2.05, 4.69) is 15.9 Å².